The van der Waals surface area contributed by atoms with E-state index in [-0.39, 0.29) is 23.5 Å². The molecule has 0 aromatic heterocycles. The van der Waals surface area contributed by atoms with Gasteiger partial charge in [0.25, 0.3) is 0 Å². The number of morpholine rings is 1. The fourth-order valence-corrected chi connectivity index (χ4v) is 9.82. The normalized spacial score (nSPS) is 21.9. The van der Waals surface area contributed by atoms with E-state index in [2.05, 4.69) is 31.0 Å². The van der Waals surface area contributed by atoms with Crippen molar-refractivity contribution in [3.8, 4) is 0 Å². The third-order valence-electron chi connectivity index (χ3n) is 5.98. The van der Waals surface area contributed by atoms with E-state index in [1.165, 1.54) is 0 Å². The van der Waals surface area contributed by atoms with Crippen LogP contribution in [0.3, 0.4) is 0 Å². The molecule has 0 aliphatic carbocycles. The molecule has 0 amide bonds. The van der Waals surface area contributed by atoms with Gasteiger partial charge < -0.3 is 36.6 Å². The van der Waals surface area contributed by atoms with Crippen molar-refractivity contribution >= 4 is 17.6 Å². The van der Waals surface area contributed by atoms with Crippen molar-refractivity contribution in [2.24, 2.45) is 0 Å². The molecule has 1 fully saturated rings. The number of rotatable bonds is 14. The highest BCUT2D eigenvalue weighted by Gasteiger charge is 2.59. The van der Waals surface area contributed by atoms with Crippen LogP contribution < -0.4 is 5.32 Å². The molecule has 1 saturated heterocycles. The first kappa shape index (κ1) is 27.1. The largest absolute Gasteiger partial charge is 0.518 e. The van der Waals surface area contributed by atoms with Crippen LogP contribution in [0.1, 0.15) is 33.6 Å². The molecular weight excluding hydrogens is 412 g/mol. The summed E-state index contributed by atoms with van der Waals surface area (Å²) in [5.74, 6) is 0. The van der Waals surface area contributed by atoms with Crippen LogP contribution in [0.4, 0.5) is 0 Å². The molecule has 0 spiro atoms. The standard InChI is InChI=1S/C18H42N2O7Si2/c1-10-17(28(21-4,22-5)23-6)20(15(3)16-14-19-12-13-27-16)18(11-2)29(24-7,25-8)26-9/h15-19H,10-14H2,1-9H3. The van der Waals surface area contributed by atoms with E-state index in [4.69, 9.17) is 31.3 Å². The molecule has 1 aliphatic rings. The summed E-state index contributed by atoms with van der Waals surface area (Å²) in [6.45, 7) is 8.71. The zero-order chi connectivity index (χ0) is 22.1. The van der Waals surface area contributed by atoms with Crippen molar-refractivity contribution < 1.29 is 31.3 Å². The van der Waals surface area contributed by atoms with Gasteiger partial charge in [-0.3, -0.25) is 4.90 Å². The Kier molecular flexibility index (Phi) is 12.0. The van der Waals surface area contributed by atoms with E-state index in [1.54, 1.807) is 42.7 Å². The second-order valence-corrected chi connectivity index (χ2v) is 13.3. The topological polar surface area (TPSA) is 79.9 Å². The van der Waals surface area contributed by atoms with Gasteiger partial charge in [-0.25, -0.2) is 0 Å². The third-order valence-corrected chi connectivity index (χ3v) is 12.4. The lowest BCUT2D eigenvalue weighted by atomic mass is 10.1. The summed E-state index contributed by atoms with van der Waals surface area (Å²) in [6.07, 6.45) is 1.54. The fourth-order valence-electron chi connectivity index (χ4n) is 4.48. The minimum Gasteiger partial charge on any atom is -0.376 e. The lowest BCUT2D eigenvalue weighted by molar-refractivity contribution is -0.0573. The molecule has 29 heavy (non-hydrogen) atoms. The summed E-state index contributed by atoms with van der Waals surface area (Å²) in [5, 5.41) is 3.43. The van der Waals surface area contributed by atoms with Crippen LogP contribution in [0.25, 0.3) is 0 Å². The Morgan fingerprint density at radius 2 is 1.28 bits per heavy atom. The minimum absolute atomic E-state index is 0.00128. The van der Waals surface area contributed by atoms with E-state index in [0.29, 0.717) is 6.61 Å². The molecule has 0 aromatic rings. The highest BCUT2D eigenvalue weighted by molar-refractivity contribution is 6.64. The van der Waals surface area contributed by atoms with Crippen LogP contribution in [0, 0.1) is 0 Å². The fraction of sp³-hybridized carbons (Fsp3) is 1.00. The molecule has 1 N–H and O–H groups in total. The second-order valence-electron chi connectivity index (χ2n) is 7.08. The molecule has 0 radical (unpaired) electrons. The quantitative estimate of drug-likeness (QED) is 0.388. The van der Waals surface area contributed by atoms with E-state index >= 15 is 0 Å². The van der Waals surface area contributed by atoms with Crippen molar-refractivity contribution in [1.82, 2.24) is 10.2 Å². The maximum Gasteiger partial charge on any atom is 0.518 e. The molecule has 1 heterocycles. The van der Waals surface area contributed by atoms with Crippen molar-refractivity contribution in [2.75, 3.05) is 62.4 Å². The van der Waals surface area contributed by atoms with Crippen molar-refractivity contribution in [3.05, 3.63) is 0 Å². The molecule has 11 heteroatoms. The molecule has 174 valence electrons. The number of hydrogen-bond acceptors (Lipinski definition) is 9. The summed E-state index contributed by atoms with van der Waals surface area (Å²) < 4.78 is 41.6. The van der Waals surface area contributed by atoms with Gasteiger partial charge in [0, 0.05) is 61.8 Å². The summed E-state index contributed by atoms with van der Waals surface area (Å²) in [4.78, 5) is 2.36. The van der Waals surface area contributed by atoms with E-state index in [0.717, 1.165) is 25.9 Å². The van der Waals surface area contributed by atoms with Crippen molar-refractivity contribution in [2.45, 2.75) is 57.1 Å². The summed E-state index contributed by atoms with van der Waals surface area (Å²) in [7, 11) is 3.85. The highest BCUT2D eigenvalue weighted by atomic mass is 28.4. The molecule has 0 bridgehead atoms. The Bertz CT molecular complexity index is 405. The number of nitrogens with one attached hydrogen (secondary N) is 1. The second kappa shape index (κ2) is 12.8. The first-order valence-electron chi connectivity index (χ1n) is 10.3. The van der Waals surface area contributed by atoms with Crippen LogP contribution in [-0.2, 0) is 31.3 Å². The van der Waals surface area contributed by atoms with Crippen LogP contribution in [0.5, 0.6) is 0 Å². The van der Waals surface area contributed by atoms with Crippen LogP contribution >= 0.6 is 0 Å². The lowest BCUT2D eigenvalue weighted by Gasteiger charge is -2.50. The smallest absolute Gasteiger partial charge is 0.376 e. The van der Waals surface area contributed by atoms with Crippen LogP contribution in [0.15, 0.2) is 0 Å². The van der Waals surface area contributed by atoms with Crippen molar-refractivity contribution in [1.29, 1.82) is 0 Å². The molecule has 0 saturated carbocycles. The number of ether oxygens (including phenoxy) is 1. The average Bonchev–Trinajstić information content (AvgIpc) is 2.79. The van der Waals surface area contributed by atoms with Gasteiger partial charge >= 0.3 is 17.6 Å². The zero-order valence-corrected chi connectivity index (χ0v) is 21.6. The van der Waals surface area contributed by atoms with Crippen LogP contribution in [0.2, 0.25) is 0 Å². The first-order chi connectivity index (χ1) is 13.9. The Labute approximate surface area is 179 Å². The zero-order valence-electron chi connectivity index (χ0n) is 19.6. The van der Waals surface area contributed by atoms with E-state index < -0.39 is 17.6 Å². The molecule has 9 nitrogen and oxygen atoms in total. The maximum atomic E-state index is 6.12. The minimum atomic E-state index is -3.03. The molecule has 4 unspecified atom stereocenters. The van der Waals surface area contributed by atoms with Gasteiger partial charge in [0.1, 0.15) is 0 Å². The van der Waals surface area contributed by atoms with Crippen molar-refractivity contribution in [3.63, 3.8) is 0 Å². The van der Waals surface area contributed by atoms with Gasteiger partial charge in [0.2, 0.25) is 0 Å². The van der Waals surface area contributed by atoms with Gasteiger partial charge in [-0.2, -0.15) is 0 Å². The summed E-state index contributed by atoms with van der Waals surface area (Å²) in [5.41, 5.74) is -0.249. The van der Waals surface area contributed by atoms with Gasteiger partial charge in [-0.05, 0) is 19.8 Å². The summed E-state index contributed by atoms with van der Waals surface area (Å²) in [6, 6.07) is 0.0253. The first-order valence-corrected chi connectivity index (χ1v) is 13.9. The Hall–Kier alpha value is 0.0738. The van der Waals surface area contributed by atoms with Gasteiger partial charge in [-0.15, -0.1) is 0 Å². The number of hydrogen-bond donors (Lipinski definition) is 1. The van der Waals surface area contributed by atoms with Crippen LogP contribution in [-0.4, -0.2) is 108 Å². The molecule has 4 atom stereocenters. The Morgan fingerprint density at radius 3 is 1.55 bits per heavy atom. The Morgan fingerprint density at radius 1 is 0.862 bits per heavy atom. The molecule has 0 aromatic carbocycles. The van der Waals surface area contributed by atoms with E-state index in [1.807, 2.05) is 0 Å². The van der Waals surface area contributed by atoms with Gasteiger partial charge in [0.05, 0.1) is 24.0 Å². The highest BCUT2D eigenvalue weighted by Crippen LogP contribution is 2.32. The molecule has 1 aliphatic heterocycles. The monoisotopic (exact) mass is 454 g/mol. The molecular formula is C18H42N2O7Si2. The predicted octanol–water partition coefficient (Wildman–Crippen LogP) is 1.06. The molecule has 1 rings (SSSR count). The predicted molar refractivity (Wildman–Crippen MR) is 116 cm³/mol. The lowest BCUT2D eigenvalue weighted by Crippen LogP contribution is -2.73. The third kappa shape index (κ3) is 5.66. The van der Waals surface area contributed by atoms with Gasteiger partial charge in [-0.1, -0.05) is 13.8 Å². The Balaban J connectivity index is 3.53. The SMILES string of the molecule is CCC(N(C(C)C1CNCCO1)C(CC)[Si](OC)(OC)OC)[Si](OC)(OC)OC. The number of nitrogens with zero attached hydrogens (tertiary/aromatic N) is 1. The maximum absolute atomic E-state index is 6.12. The van der Waals surface area contributed by atoms with E-state index in [9.17, 15) is 0 Å². The summed E-state index contributed by atoms with van der Waals surface area (Å²) >= 11 is 0. The van der Waals surface area contributed by atoms with Gasteiger partial charge in [0.15, 0.2) is 0 Å². The average molecular weight is 455 g/mol.